The quantitative estimate of drug-likeness (QED) is 0.777. The van der Waals surface area contributed by atoms with Gasteiger partial charge in [-0.25, -0.2) is 0 Å². The van der Waals surface area contributed by atoms with Crippen molar-refractivity contribution in [3.8, 4) is 0 Å². The minimum absolute atomic E-state index is 0.246. The zero-order valence-electron chi connectivity index (χ0n) is 14.3. The molecule has 0 aliphatic rings. The third kappa shape index (κ3) is 3.61. The first-order valence-electron chi connectivity index (χ1n) is 7.69. The minimum Gasteiger partial charge on any atom is -0.365 e. The van der Waals surface area contributed by atoms with Gasteiger partial charge < -0.3 is 4.90 Å². The highest BCUT2D eigenvalue weighted by atomic mass is 15.2. The van der Waals surface area contributed by atoms with Crippen LogP contribution in [0, 0.1) is 12.3 Å². The molecule has 1 aromatic carbocycles. The zero-order chi connectivity index (χ0) is 15.0. The lowest BCUT2D eigenvalue weighted by Gasteiger charge is -2.30. The van der Waals surface area contributed by atoms with Crippen LogP contribution >= 0.6 is 0 Å². The zero-order valence-corrected chi connectivity index (χ0v) is 14.3. The molecule has 0 fully saturated rings. The molecule has 0 N–H and O–H groups in total. The molecule has 0 radical (unpaired) electrons. The van der Waals surface area contributed by atoms with Crippen molar-refractivity contribution in [1.29, 1.82) is 0 Å². The normalized spacial score (nSPS) is 15.8. The molecule has 19 heavy (non-hydrogen) atoms. The smallest absolute Gasteiger partial charge is 0.0865 e. The summed E-state index contributed by atoms with van der Waals surface area (Å²) < 4.78 is 0. The molecule has 2 heteroatoms. The van der Waals surface area contributed by atoms with E-state index in [-0.39, 0.29) is 5.41 Å². The van der Waals surface area contributed by atoms with Gasteiger partial charge in [-0.05, 0) is 46.5 Å². The van der Waals surface area contributed by atoms with E-state index in [4.69, 9.17) is 4.99 Å². The van der Waals surface area contributed by atoms with Gasteiger partial charge in [0.2, 0.25) is 0 Å². The second kappa shape index (κ2) is 5.68. The molecular weight excluding hydrogens is 232 g/mol. The molecule has 0 spiro atoms. The monoisotopic (exact) mass is 264 g/mol. The predicted octanol–water partition coefficient (Wildman–Crippen LogP) is 4.22. The fourth-order valence-electron chi connectivity index (χ4n) is 2.89. The second-order valence-electron chi connectivity index (χ2n) is 7.34. The highest BCUT2D eigenvalue weighted by molar-refractivity contribution is 5.65. The lowest BCUT2D eigenvalue weighted by Crippen LogP contribution is -2.36. The van der Waals surface area contributed by atoms with Crippen molar-refractivity contribution in [3.63, 3.8) is 0 Å². The molecule has 110 valence electrons. The minimum atomic E-state index is 0.246. The largest absolute Gasteiger partial charge is 0.365 e. The van der Waals surface area contributed by atoms with Gasteiger partial charge in [0.15, 0.2) is 0 Å². The van der Waals surface area contributed by atoms with Crippen molar-refractivity contribution in [3.05, 3.63) is 10.9 Å². The van der Waals surface area contributed by atoms with Gasteiger partial charge >= 0.3 is 0 Å². The Bertz CT molecular complexity index is 418. The van der Waals surface area contributed by atoms with Crippen LogP contribution in [0.15, 0.2) is 4.99 Å². The Labute approximate surface area is 119 Å². The van der Waals surface area contributed by atoms with E-state index in [0.717, 1.165) is 6.42 Å². The highest BCUT2D eigenvalue weighted by Crippen LogP contribution is 2.29. The summed E-state index contributed by atoms with van der Waals surface area (Å²) in [4.78, 5) is 7.52. The fourth-order valence-corrected chi connectivity index (χ4v) is 2.89. The van der Waals surface area contributed by atoms with Gasteiger partial charge in [0.25, 0.3) is 0 Å². The molecule has 0 saturated heterocycles. The molecule has 0 saturated carbocycles. The molecule has 1 atom stereocenters. The summed E-state index contributed by atoms with van der Waals surface area (Å²) in [6, 6.07) is 1.48. The molecule has 0 heterocycles. The maximum Gasteiger partial charge on any atom is 0.0865 e. The van der Waals surface area contributed by atoms with Gasteiger partial charge in [0, 0.05) is 17.6 Å². The number of hydrogen-bond acceptors (Lipinski definition) is 2. The van der Waals surface area contributed by atoms with Crippen LogP contribution in [0.25, 0.3) is 0 Å². The summed E-state index contributed by atoms with van der Waals surface area (Å²) >= 11 is 0. The van der Waals surface area contributed by atoms with Crippen molar-refractivity contribution in [1.82, 2.24) is 0 Å². The Balaban J connectivity index is 3.06. The number of anilines is 1. The van der Waals surface area contributed by atoms with E-state index in [2.05, 4.69) is 67.2 Å². The SMILES string of the molecule is CC[C@@H](N=c1c(C)c1N(C(C)C)C(C)C)C(C)(C)C. The molecule has 0 aliphatic carbocycles. The highest BCUT2D eigenvalue weighted by Gasteiger charge is 2.29. The first-order chi connectivity index (χ1) is 8.61. The van der Waals surface area contributed by atoms with Gasteiger partial charge in [0.1, 0.15) is 0 Å². The lowest BCUT2D eigenvalue weighted by atomic mass is 9.86. The first-order valence-corrected chi connectivity index (χ1v) is 7.69. The number of rotatable bonds is 5. The van der Waals surface area contributed by atoms with Crippen LogP contribution in [-0.2, 0) is 0 Å². The van der Waals surface area contributed by atoms with Gasteiger partial charge in [-0.3, -0.25) is 4.99 Å². The Morgan fingerprint density at radius 1 is 1.05 bits per heavy atom. The second-order valence-corrected chi connectivity index (χ2v) is 7.34. The van der Waals surface area contributed by atoms with E-state index in [1.807, 2.05) is 0 Å². The van der Waals surface area contributed by atoms with Gasteiger partial charge in [-0.2, -0.15) is 0 Å². The predicted molar refractivity (Wildman–Crippen MR) is 85.4 cm³/mol. The van der Waals surface area contributed by atoms with Crippen molar-refractivity contribution in [2.45, 2.75) is 86.9 Å². The molecule has 1 aromatic rings. The van der Waals surface area contributed by atoms with E-state index in [9.17, 15) is 0 Å². The molecule has 0 amide bonds. The van der Waals surface area contributed by atoms with Gasteiger partial charge in [-0.1, -0.05) is 27.7 Å². The Morgan fingerprint density at radius 2 is 1.53 bits per heavy atom. The summed E-state index contributed by atoms with van der Waals surface area (Å²) in [5.74, 6) is 0. The maximum atomic E-state index is 5.03. The molecular formula is C17H32N2. The van der Waals surface area contributed by atoms with Gasteiger partial charge in [0.05, 0.1) is 17.1 Å². The molecule has 2 nitrogen and oxygen atoms in total. The molecule has 0 aliphatic heterocycles. The first kappa shape index (κ1) is 16.3. The maximum absolute atomic E-state index is 5.03. The molecule has 0 unspecified atom stereocenters. The Morgan fingerprint density at radius 3 is 1.84 bits per heavy atom. The van der Waals surface area contributed by atoms with E-state index >= 15 is 0 Å². The van der Waals surface area contributed by atoms with E-state index in [0.29, 0.717) is 18.1 Å². The third-order valence-corrected chi connectivity index (χ3v) is 3.91. The van der Waals surface area contributed by atoms with Crippen LogP contribution in [0.3, 0.4) is 0 Å². The van der Waals surface area contributed by atoms with E-state index < -0.39 is 0 Å². The van der Waals surface area contributed by atoms with Crippen LogP contribution in [0.4, 0.5) is 5.69 Å². The van der Waals surface area contributed by atoms with Crippen LogP contribution < -0.4 is 10.3 Å². The molecule has 1 rings (SSSR count). The van der Waals surface area contributed by atoms with E-state index in [1.54, 1.807) is 0 Å². The summed E-state index contributed by atoms with van der Waals surface area (Å²) in [5, 5.41) is 1.27. The summed E-state index contributed by atoms with van der Waals surface area (Å²) in [7, 11) is 0. The van der Waals surface area contributed by atoms with Crippen molar-refractivity contribution in [2.75, 3.05) is 4.90 Å². The van der Waals surface area contributed by atoms with Crippen LogP contribution in [0.1, 0.15) is 67.4 Å². The Hall–Kier alpha value is -0.790. The average molecular weight is 264 g/mol. The standard InChI is InChI=1S/C17H32N2/c1-10-14(17(7,8)9)18-15-13(6)16(15)19(11(2)3)12(4)5/h11-12,14H,10H2,1-9H3/t14-/m1/s1. The number of hydrogen-bond donors (Lipinski definition) is 0. The van der Waals surface area contributed by atoms with Gasteiger partial charge in [-0.15, -0.1) is 0 Å². The van der Waals surface area contributed by atoms with Crippen LogP contribution in [0.5, 0.6) is 0 Å². The van der Waals surface area contributed by atoms with Crippen molar-refractivity contribution in [2.24, 2.45) is 10.4 Å². The summed E-state index contributed by atoms with van der Waals surface area (Å²) in [6.07, 6.45) is 1.11. The van der Waals surface area contributed by atoms with Crippen molar-refractivity contribution < 1.29 is 0 Å². The number of nitrogens with zero attached hydrogens (tertiary/aromatic N) is 2. The lowest BCUT2D eigenvalue weighted by molar-refractivity contribution is 0.311. The summed E-state index contributed by atoms with van der Waals surface area (Å²) in [5.41, 5.74) is 3.04. The van der Waals surface area contributed by atoms with Crippen LogP contribution in [0.2, 0.25) is 0 Å². The average Bonchev–Trinajstić information content (AvgIpc) is 2.83. The third-order valence-electron chi connectivity index (χ3n) is 3.91. The van der Waals surface area contributed by atoms with Crippen LogP contribution in [-0.4, -0.2) is 18.1 Å². The fraction of sp³-hybridized carbons (Fsp3) is 0.824. The van der Waals surface area contributed by atoms with E-state index in [1.165, 1.54) is 16.6 Å². The molecule has 0 bridgehead atoms. The summed E-state index contributed by atoms with van der Waals surface area (Å²) in [6.45, 7) is 20.3. The Kier molecular flexibility index (Phi) is 4.86. The van der Waals surface area contributed by atoms with Crippen molar-refractivity contribution >= 4 is 5.69 Å². The molecule has 0 aromatic heterocycles. The topological polar surface area (TPSA) is 15.6 Å².